The van der Waals surface area contributed by atoms with Gasteiger partial charge in [-0.3, -0.25) is 9.59 Å². The molecule has 0 heterocycles. The molecule has 1 unspecified atom stereocenters. The first-order chi connectivity index (χ1) is 12.6. The van der Waals surface area contributed by atoms with Crippen LogP contribution in [0.1, 0.15) is 28.9 Å². The summed E-state index contributed by atoms with van der Waals surface area (Å²) in [6, 6.07) is 19.3. The molecular weight excluding hydrogens is 331 g/mol. The van der Waals surface area contributed by atoms with E-state index in [1.54, 1.807) is 6.07 Å². The molecule has 0 aliphatic carbocycles. The third-order valence-corrected chi connectivity index (χ3v) is 4.20. The second-order valence-electron chi connectivity index (χ2n) is 6.02. The van der Waals surface area contributed by atoms with Crippen LogP contribution in [-0.2, 0) is 4.79 Å². The highest BCUT2D eigenvalue weighted by atomic mass is 19.1. The molecule has 0 aromatic heterocycles. The Balaban J connectivity index is 1.63. The van der Waals surface area contributed by atoms with Crippen molar-refractivity contribution in [3.63, 3.8) is 0 Å². The van der Waals surface area contributed by atoms with Crippen molar-refractivity contribution in [2.75, 3.05) is 6.54 Å². The Bertz CT molecular complexity index is 950. The summed E-state index contributed by atoms with van der Waals surface area (Å²) in [6.07, 6.45) is 0. The highest BCUT2D eigenvalue weighted by molar-refractivity contribution is 5.96. The highest BCUT2D eigenvalue weighted by Gasteiger charge is 2.15. The summed E-state index contributed by atoms with van der Waals surface area (Å²) in [5, 5.41) is 7.47. The number of halogens is 1. The third kappa shape index (κ3) is 3.88. The Morgan fingerprint density at radius 3 is 2.46 bits per heavy atom. The van der Waals surface area contributed by atoms with Crippen LogP contribution >= 0.6 is 0 Å². The van der Waals surface area contributed by atoms with Gasteiger partial charge in [-0.2, -0.15) is 0 Å². The maximum absolute atomic E-state index is 13.6. The van der Waals surface area contributed by atoms with E-state index >= 15 is 0 Å². The average molecular weight is 350 g/mol. The maximum Gasteiger partial charge on any atom is 0.254 e. The number of amides is 2. The first-order valence-corrected chi connectivity index (χ1v) is 8.36. The van der Waals surface area contributed by atoms with E-state index in [9.17, 15) is 14.0 Å². The zero-order chi connectivity index (χ0) is 18.5. The van der Waals surface area contributed by atoms with Crippen LogP contribution in [0.3, 0.4) is 0 Å². The minimum atomic E-state index is -0.616. The Morgan fingerprint density at radius 1 is 0.962 bits per heavy atom. The van der Waals surface area contributed by atoms with E-state index in [0.717, 1.165) is 16.3 Å². The lowest BCUT2D eigenvalue weighted by atomic mass is 10.00. The lowest BCUT2D eigenvalue weighted by Gasteiger charge is -2.17. The van der Waals surface area contributed by atoms with E-state index in [0.29, 0.717) is 0 Å². The fourth-order valence-electron chi connectivity index (χ4n) is 2.90. The SMILES string of the molecule is CC(NC(=O)CNC(=O)c1ccccc1F)c1cccc2ccccc12. The van der Waals surface area contributed by atoms with Gasteiger partial charge in [0.05, 0.1) is 18.2 Å². The molecule has 3 rings (SSSR count). The van der Waals surface area contributed by atoms with Gasteiger partial charge in [0, 0.05) is 0 Å². The van der Waals surface area contributed by atoms with Crippen LogP contribution in [0.5, 0.6) is 0 Å². The summed E-state index contributed by atoms with van der Waals surface area (Å²) in [6.45, 7) is 1.67. The van der Waals surface area contributed by atoms with Crippen molar-refractivity contribution in [1.29, 1.82) is 0 Å². The molecule has 0 radical (unpaired) electrons. The van der Waals surface area contributed by atoms with Gasteiger partial charge >= 0.3 is 0 Å². The number of rotatable bonds is 5. The second-order valence-corrected chi connectivity index (χ2v) is 6.02. The summed E-state index contributed by atoms with van der Waals surface area (Å²) in [4.78, 5) is 24.1. The molecule has 0 bridgehead atoms. The first-order valence-electron chi connectivity index (χ1n) is 8.36. The number of carbonyl (C=O) groups is 2. The molecule has 2 N–H and O–H groups in total. The number of fused-ring (bicyclic) bond motifs is 1. The van der Waals surface area contributed by atoms with Gasteiger partial charge in [0.2, 0.25) is 5.91 Å². The molecule has 3 aromatic rings. The zero-order valence-corrected chi connectivity index (χ0v) is 14.3. The van der Waals surface area contributed by atoms with Gasteiger partial charge in [0.15, 0.2) is 0 Å². The van der Waals surface area contributed by atoms with E-state index in [1.165, 1.54) is 18.2 Å². The first kappa shape index (κ1) is 17.6. The van der Waals surface area contributed by atoms with Gasteiger partial charge in [-0.05, 0) is 35.4 Å². The van der Waals surface area contributed by atoms with E-state index < -0.39 is 11.7 Å². The quantitative estimate of drug-likeness (QED) is 0.739. The van der Waals surface area contributed by atoms with Gasteiger partial charge in [-0.1, -0.05) is 54.6 Å². The van der Waals surface area contributed by atoms with Gasteiger partial charge in [0.1, 0.15) is 5.82 Å². The molecule has 0 aliphatic heterocycles. The van der Waals surface area contributed by atoms with Crippen molar-refractivity contribution in [2.24, 2.45) is 0 Å². The highest BCUT2D eigenvalue weighted by Crippen LogP contribution is 2.23. The van der Waals surface area contributed by atoms with Crippen LogP contribution in [0.4, 0.5) is 4.39 Å². The number of carbonyl (C=O) groups excluding carboxylic acids is 2. The van der Waals surface area contributed by atoms with E-state index in [4.69, 9.17) is 0 Å². The molecule has 132 valence electrons. The van der Waals surface area contributed by atoms with Crippen molar-refractivity contribution in [1.82, 2.24) is 10.6 Å². The predicted octanol–water partition coefficient (Wildman–Crippen LogP) is 3.59. The molecule has 3 aromatic carbocycles. The van der Waals surface area contributed by atoms with Crippen LogP contribution in [0, 0.1) is 5.82 Å². The van der Waals surface area contributed by atoms with Crippen LogP contribution in [0.2, 0.25) is 0 Å². The largest absolute Gasteiger partial charge is 0.348 e. The van der Waals surface area contributed by atoms with E-state index in [1.807, 2.05) is 49.4 Å². The second kappa shape index (κ2) is 7.78. The fraction of sp³-hybridized carbons (Fsp3) is 0.143. The number of nitrogens with one attached hydrogen (secondary N) is 2. The summed E-state index contributed by atoms with van der Waals surface area (Å²) in [5.41, 5.74) is 0.916. The van der Waals surface area contributed by atoms with Crippen molar-refractivity contribution >= 4 is 22.6 Å². The van der Waals surface area contributed by atoms with Crippen LogP contribution in [-0.4, -0.2) is 18.4 Å². The van der Waals surface area contributed by atoms with Crippen LogP contribution in [0.25, 0.3) is 10.8 Å². The molecule has 1 atom stereocenters. The average Bonchev–Trinajstić information content (AvgIpc) is 2.66. The molecular formula is C21H19FN2O2. The van der Waals surface area contributed by atoms with Crippen molar-refractivity contribution in [2.45, 2.75) is 13.0 Å². The number of hydrogen-bond donors (Lipinski definition) is 2. The molecule has 0 saturated carbocycles. The van der Waals surface area contributed by atoms with Gasteiger partial charge in [-0.25, -0.2) is 4.39 Å². The Hall–Kier alpha value is -3.21. The molecule has 4 nitrogen and oxygen atoms in total. The molecule has 26 heavy (non-hydrogen) atoms. The minimum Gasteiger partial charge on any atom is -0.348 e. The molecule has 0 spiro atoms. The minimum absolute atomic E-state index is 0.0811. The van der Waals surface area contributed by atoms with Crippen LogP contribution in [0.15, 0.2) is 66.7 Å². The van der Waals surface area contributed by atoms with Crippen molar-refractivity contribution in [3.8, 4) is 0 Å². The lowest BCUT2D eigenvalue weighted by molar-refractivity contribution is -0.120. The van der Waals surface area contributed by atoms with Crippen molar-refractivity contribution in [3.05, 3.63) is 83.7 Å². The summed E-state index contributed by atoms with van der Waals surface area (Å²) in [5.74, 6) is -1.57. The molecule has 0 aliphatic rings. The fourth-order valence-corrected chi connectivity index (χ4v) is 2.90. The monoisotopic (exact) mass is 350 g/mol. The number of benzene rings is 3. The Kier molecular flexibility index (Phi) is 5.27. The standard InChI is InChI=1S/C21H19FN2O2/c1-14(16-11-6-8-15-7-2-3-9-17(15)16)24-20(25)13-23-21(26)18-10-4-5-12-19(18)22/h2-12,14H,13H2,1H3,(H,23,26)(H,24,25). The van der Waals surface area contributed by atoms with Gasteiger partial charge in [0.25, 0.3) is 5.91 Å². The zero-order valence-electron chi connectivity index (χ0n) is 14.3. The number of hydrogen-bond acceptors (Lipinski definition) is 2. The van der Waals surface area contributed by atoms with E-state index in [-0.39, 0.29) is 24.1 Å². The summed E-state index contributed by atoms with van der Waals surface area (Å²) in [7, 11) is 0. The summed E-state index contributed by atoms with van der Waals surface area (Å²) < 4.78 is 13.6. The summed E-state index contributed by atoms with van der Waals surface area (Å²) >= 11 is 0. The normalized spacial score (nSPS) is 11.8. The van der Waals surface area contributed by atoms with Crippen LogP contribution < -0.4 is 10.6 Å². The smallest absolute Gasteiger partial charge is 0.254 e. The Morgan fingerprint density at radius 2 is 1.65 bits per heavy atom. The lowest BCUT2D eigenvalue weighted by Crippen LogP contribution is -2.38. The van der Waals surface area contributed by atoms with Gasteiger partial charge in [-0.15, -0.1) is 0 Å². The predicted molar refractivity (Wildman–Crippen MR) is 99.2 cm³/mol. The van der Waals surface area contributed by atoms with Gasteiger partial charge < -0.3 is 10.6 Å². The third-order valence-electron chi connectivity index (χ3n) is 4.20. The maximum atomic E-state index is 13.6. The van der Waals surface area contributed by atoms with Crippen molar-refractivity contribution < 1.29 is 14.0 Å². The molecule has 2 amide bonds. The molecule has 0 saturated heterocycles. The molecule has 5 heteroatoms. The molecule has 0 fully saturated rings. The Labute approximate surface area is 151 Å². The topological polar surface area (TPSA) is 58.2 Å². The van der Waals surface area contributed by atoms with E-state index in [2.05, 4.69) is 10.6 Å².